The summed E-state index contributed by atoms with van der Waals surface area (Å²) in [6, 6.07) is 26.4. The van der Waals surface area contributed by atoms with Crippen LogP contribution >= 0.6 is 45.2 Å². The smallest absolute Gasteiger partial charge is 0.231 e. The van der Waals surface area contributed by atoms with Gasteiger partial charge in [0.2, 0.25) is 0 Å². The summed E-state index contributed by atoms with van der Waals surface area (Å²) in [5, 5.41) is 0. The number of rotatable bonds is 4. The first kappa shape index (κ1) is 20.6. The minimum Gasteiger partial charge on any atom is -0.231 e. The van der Waals surface area contributed by atoms with Crippen molar-refractivity contribution in [2.45, 2.75) is 11.8 Å². The molecule has 0 fully saturated rings. The molecule has 1 aromatic heterocycles. The van der Waals surface area contributed by atoms with Gasteiger partial charge < -0.3 is 0 Å². The Kier molecular flexibility index (Phi) is 5.85. The second-order valence-corrected chi connectivity index (χ2v) is 10.6. The number of aryl methyl sites for hydroxylation is 1. The molecule has 4 aromatic rings. The molecule has 0 radical (unpaired) electrons. The molecule has 4 rings (SSSR count). The monoisotopic (exact) mass is 625 g/mol. The van der Waals surface area contributed by atoms with Crippen LogP contribution in [0.5, 0.6) is 0 Å². The fourth-order valence-corrected chi connectivity index (χ4v) is 6.74. The molecule has 0 aliphatic heterocycles. The van der Waals surface area contributed by atoms with Crippen LogP contribution < -0.4 is 0 Å². The van der Waals surface area contributed by atoms with Gasteiger partial charge in [-0.25, -0.2) is 12.4 Å². The summed E-state index contributed by atoms with van der Waals surface area (Å²) in [6.07, 6.45) is 0. The molecule has 0 aliphatic carbocycles. The largest absolute Gasteiger partial charge is 0.268 e. The van der Waals surface area contributed by atoms with E-state index in [2.05, 4.69) is 45.2 Å². The van der Waals surface area contributed by atoms with E-state index >= 15 is 0 Å². The minimum atomic E-state index is -3.81. The van der Waals surface area contributed by atoms with Crippen molar-refractivity contribution in [1.82, 2.24) is 3.97 Å². The molecule has 3 aromatic carbocycles. The van der Waals surface area contributed by atoms with Gasteiger partial charge in [-0.05, 0) is 64.2 Å². The summed E-state index contributed by atoms with van der Waals surface area (Å²) >= 11 is 4.51. The van der Waals surface area contributed by atoms with Gasteiger partial charge in [0.15, 0.2) is 0 Å². The third-order valence-electron chi connectivity index (χ3n) is 4.67. The van der Waals surface area contributed by atoms with Gasteiger partial charge >= 0.3 is 0 Å². The van der Waals surface area contributed by atoms with Crippen LogP contribution in [-0.4, -0.2) is 12.4 Å². The van der Waals surface area contributed by atoms with Crippen LogP contribution in [0.15, 0.2) is 89.8 Å². The lowest BCUT2D eigenvalue weighted by molar-refractivity contribution is 0.588. The van der Waals surface area contributed by atoms with Gasteiger partial charge in [0.05, 0.1) is 23.4 Å². The van der Waals surface area contributed by atoms with Crippen molar-refractivity contribution in [1.29, 1.82) is 0 Å². The van der Waals surface area contributed by atoms with E-state index in [1.54, 1.807) is 12.1 Å². The number of nitrogens with zero attached hydrogens (tertiary/aromatic N) is 1. The summed E-state index contributed by atoms with van der Waals surface area (Å²) in [5.74, 6) is 0. The van der Waals surface area contributed by atoms with Gasteiger partial charge in [0.25, 0.3) is 10.0 Å². The van der Waals surface area contributed by atoms with E-state index in [1.165, 1.54) is 3.97 Å². The second-order valence-electron chi connectivity index (χ2n) is 6.64. The number of benzene rings is 3. The minimum absolute atomic E-state index is 0.278. The first-order chi connectivity index (χ1) is 13.9. The summed E-state index contributed by atoms with van der Waals surface area (Å²) in [6.45, 7) is 1.95. The lowest BCUT2D eigenvalue weighted by Gasteiger charge is -2.15. The number of hydrogen-bond acceptors (Lipinski definition) is 2. The summed E-state index contributed by atoms with van der Waals surface area (Å²) in [4.78, 5) is 0.278. The van der Waals surface area contributed by atoms with E-state index in [0.717, 1.165) is 23.8 Å². The molecule has 146 valence electrons. The Labute approximate surface area is 198 Å². The molecule has 1 heterocycles. The molecule has 0 N–H and O–H groups in total. The maximum absolute atomic E-state index is 13.9. The second kappa shape index (κ2) is 8.23. The van der Waals surface area contributed by atoms with Gasteiger partial charge in [-0.1, -0.05) is 78.4 Å². The average molecular weight is 625 g/mol. The van der Waals surface area contributed by atoms with Gasteiger partial charge in [0, 0.05) is 11.1 Å². The van der Waals surface area contributed by atoms with Crippen molar-refractivity contribution in [2.75, 3.05) is 0 Å². The van der Waals surface area contributed by atoms with E-state index in [-0.39, 0.29) is 4.90 Å². The highest BCUT2D eigenvalue weighted by molar-refractivity contribution is 14.1. The van der Waals surface area contributed by atoms with E-state index < -0.39 is 10.0 Å². The molecule has 0 atom stereocenters. The Balaban J connectivity index is 2.11. The predicted molar refractivity (Wildman–Crippen MR) is 135 cm³/mol. The molecule has 0 spiro atoms. The van der Waals surface area contributed by atoms with E-state index in [4.69, 9.17) is 0 Å². The first-order valence-electron chi connectivity index (χ1n) is 8.94. The molecule has 0 amide bonds. The average Bonchev–Trinajstić information content (AvgIpc) is 3.01. The van der Waals surface area contributed by atoms with Crippen molar-refractivity contribution in [3.8, 4) is 22.5 Å². The molecule has 3 nitrogen and oxygen atoms in total. The van der Waals surface area contributed by atoms with Crippen molar-refractivity contribution in [2.24, 2.45) is 0 Å². The van der Waals surface area contributed by atoms with Crippen LogP contribution in [0, 0.1) is 14.1 Å². The van der Waals surface area contributed by atoms with E-state index in [1.807, 2.05) is 79.7 Å². The van der Waals surface area contributed by atoms with Gasteiger partial charge in [-0.3, -0.25) is 0 Å². The quantitative estimate of drug-likeness (QED) is 0.241. The Morgan fingerprint density at radius 1 is 0.655 bits per heavy atom. The molecule has 0 unspecified atom stereocenters. The highest BCUT2D eigenvalue weighted by atomic mass is 127. The zero-order valence-corrected chi connectivity index (χ0v) is 20.6. The number of halogens is 2. The number of hydrogen-bond donors (Lipinski definition) is 0. The number of aromatic nitrogens is 1. The maximum atomic E-state index is 13.9. The SMILES string of the molecule is Cc1ccc(S(=O)(=O)n2c(-c3ccccc3)c(I)c(I)c2-c2ccccc2)cc1. The molecular weight excluding hydrogens is 608 g/mol. The van der Waals surface area contributed by atoms with Gasteiger partial charge in [-0.15, -0.1) is 0 Å². The third-order valence-corrected chi connectivity index (χ3v) is 9.51. The fourth-order valence-electron chi connectivity index (χ4n) is 3.23. The molecule has 29 heavy (non-hydrogen) atoms. The lowest BCUT2D eigenvalue weighted by atomic mass is 10.2. The van der Waals surface area contributed by atoms with Crippen molar-refractivity contribution >= 4 is 55.2 Å². The van der Waals surface area contributed by atoms with E-state index in [0.29, 0.717) is 11.4 Å². The van der Waals surface area contributed by atoms with Crippen LogP contribution in [0.25, 0.3) is 22.5 Å². The van der Waals surface area contributed by atoms with Crippen LogP contribution in [-0.2, 0) is 10.0 Å². The molecule has 0 bridgehead atoms. The standard InChI is InChI=1S/C23H17I2NO2S/c1-16-12-14-19(15-13-16)29(27,28)26-22(17-8-4-2-5-9-17)20(24)21(25)23(26)18-10-6-3-7-11-18/h2-15H,1H3. The highest BCUT2D eigenvalue weighted by Crippen LogP contribution is 2.41. The normalized spacial score (nSPS) is 11.6. The van der Waals surface area contributed by atoms with Crippen molar-refractivity contribution < 1.29 is 8.42 Å². The summed E-state index contributed by atoms with van der Waals surface area (Å²) < 4.78 is 31.1. The summed E-state index contributed by atoms with van der Waals surface area (Å²) in [7, 11) is -3.81. The highest BCUT2D eigenvalue weighted by Gasteiger charge is 2.30. The van der Waals surface area contributed by atoms with Gasteiger partial charge in [0.1, 0.15) is 0 Å². The fraction of sp³-hybridized carbons (Fsp3) is 0.0435. The first-order valence-corrected chi connectivity index (χ1v) is 12.5. The molecule has 6 heteroatoms. The van der Waals surface area contributed by atoms with Gasteiger partial charge in [-0.2, -0.15) is 0 Å². The van der Waals surface area contributed by atoms with Crippen molar-refractivity contribution in [3.05, 3.63) is 97.6 Å². The lowest BCUT2D eigenvalue weighted by Crippen LogP contribution is -2.16. The Morgan fingerprint density at radius 3 is 1.48 bits per heavy atom. The third kappa shape index (κ3) is 3.77. The topological polar surface area (TPSA) is 39.1 Å². The van der Waals surface area contributed by atoms with Crippen LogP contribution in [0.3, 0.4) is 0 Å². The van der Waals surface area contributed by atoms with Crippen LogP contribution in [0.4, 0.5) is 0 Å². The molecule has 0 saturated carbocycles. The van der Waals surface area contributed by atoms with Crippen LogP contribution in [0.2, 0.25) is 0 Å². The Hall–Kier alpha value is -1.65. The predicted octanol–water partition coefficient (Wildman–Crippen LogP) is 6.58. The summed E-state index contributed by atoms with van der Waals surface area (Å²) in [5.41, 5.74) is 4.14. The van der Waals surface area contributed by atoms with Crippen LogP contribution in [0.1, 0.15) is 5.56 Å². The molecule has 0 saturated heterocycles. The van der Waals surface area contributed by atoms with E-state index in [9.17, 15) is 8.42 Å². The zero-order chi connectivity index (χ0) is 20.6. The Bertz CT molecular complexity index is 1200. The van der Waals surface area contributed by atoms with Crippen molar-refractivity contribution in [3.63, 3.8) is 0 Å². The molecular formula is C23H17I2NO2S. The Morgan fingerprint density at radius 2 is 1.07 bits per heavy atom. The maximum Gasteiger partial charge on any atom is 0.268 e. The zero-order valence-electron chi connectivity index (χ0n) is 15.5. The molecule has 0 aliphatic rings.